The normalized spacial score (nSPS) is 13.9. The lowest BCUT2D eigenvalue weighted by molar-refractivity contribution is 0.0965. The van der Waals surface area contributed by atoms with E-state index in [9.17, 15) is 0 Å². The Balaban J connectivity index is 1.36. The minimum atomic E-state index is -0.332. The molecule has 11 rings (SSSR count). The molecule has 0 radical (unpaired) electrons. The predicted octanol–water partition coefficient (Wildman–Crippen LogP) is 16.3. The number of fused-ring (bicyclic) bond motifs is 13. The van der Waals surface area contributed by atoms with Crippen LogP contribution in [0.15, 0.2) is 170 Å². The summed E-state index contributed by atoms with van der Waals surface area (Å²) in [4.78, 5) is 0. The second-order valence-corrected chi connectivity index (χ2v) is 18.4. The molecular weight excluding hydrogens is 685 g/mol. The second-order valence-electron chi connectivity index (χ2n) is 18.4. The second kappa shape index (κ2) is 11.9. The summed E-state index contributed by atoms with van der Waals surface area (Å²) < 4.78 is 0. The maximum Gasteiger partial charge on any atom is 0.0318 e. The summed E-state index contributed by atoms with van der Waals surface area (Å²) in [5.74, 6) is 0. The summed E-state index contributed by atoms with van der Waals surface area (Å²) in [6.07, 6.45) is 0. The van der Waals surface area contributed by atoms with Crippen LogP contribution >= 0.6 is 0 Å². The Bertz CT molecular complexity index is 3230. The average molecular weight is 731 g/mol. The van der Waals surface area contributed by atoms with Crippen molar-refractivity contribution in [3.05, 3.63) is 181 Å². The highest BCUT2D eigenvalue weighted by atomic mass is 14.6. The monoisotopic (exact) mass is 730 g/mol. The molecule has 57 heavy (non-hydrogen) atoms. The quantitative estimate of drug-likeness (QED) is 0.123. The zero-order chi connectivity index (χ0) is 38.8. The molecule has 0 amide bonds. The lowest BCUT2D eigenvalue weighted by Gasteiger charge is -2.53. The molecule has 1 aliphatic rings. The van der Waals surface area contributed by atoms with Gasteiger partial charge in [0.25, 0.3) is 0 Å². The van der Waals surface area contributed by atoms with Crippen molar-refractivity contribution in [2.75, 3.05) is 0 Å². The van der Waals surface area contributed by atoms with Crippen LogP contribution in [-0.4, -0.2) is 0 Å². The van der Waals surface area contributed by atoms with Gasteiger partial charge in [0.1, 0.15) is 0 Å². The fraction of sp³-hybridized carbons (Fsp3) is 0.158. The Labute approximate surface area is 335 Å². The van der Waals surface area contributed by atoms with Crippen molar-refractivity contribution in [1.29, 1.82) is 0 Å². The van der Waals surface area contributed by atoms with Crippen molar-refractivity contribution < 1.29 is 0 Å². The van der Waals surface area contributed by atoms with E-state index in [-0.39, 0.29) is 16.2 Å². The molecule has 1 aliphatic carbocycles. The highest BCUT2D eigenvalue weighted by Crippen LogP contribution is 2.69. The summed E-state index contributed by atoms with van der Waals surface area (Å²) in [6.45, 7) is 14.9. The van der Waals surface area contributed by atoms with Crippen LogP contribution in [-0.2, 0) is 5.41 Å². The van der Waals surface area contributed by atoms with Crippen molar-refractivity contribution in [3.63, 3.8) is 0 Å². The van der Waals surface area contributed by atoms with Gasteiger partial charge in [0, 0.05) is 5.41 Å². The van der Waals surface area contributed by atoms with Gasteiger partial charge >= 0.3 is 0 Å². The molecular formula is C57H46. The van der Waals surface area contributed by atoms with Crippen LogP contribution in [0.4, 0.5) is 0 Å². The van der Waals surface area contributed by atoms with E-state index < -0.39 is 0 Å². The lowest BCUT2D eigenvalue weighted by Crippen LogP contribution is -2.50. The summed E-state index contributed by atoms with van der Waals surface area (Å²) in [5.41, 5.74) is 10.3. The van der Waals surface area contributed by atoms with Crippen LogP contribution in [0.3, 0.4) is 0 Å². The van der Waals surface area contributed by atoms with Gasteiger partial charge in [-0.25, -0.2) is 0 Å². The van der Waals surface area contributed by atoms with Crippen molar-refractivity contribution in [2.24, 2.45) is 10.8 Å². The van der Waals surface area contributed by atoms with Crippen molar-refractivity contribution in [1.82, 2.24) is 0 Å². The molecule has 0 unspecified atom stereocenters. The molecule has 0 heteroatoms. The van der Waals surface area contributed by atoms with Gasteiger partial charge in [0.05, 0.1) is 0 Å². The first-order chi connectivity index (χ1) is 27.6. The fourth-order valence-electron chi connectivity index (χ4n) is 11.9. The van der Waals surface area contributed by atoms with E-state index in [0.717, 1.165) is 0 Å². The fourth-order valence-corrected chi connectivity index (χ4v) is 11.9. The minimum Gasteiger partial charge on any atom is -0.0616 e. The van der Waals surface area contributed by atoms with Crippen molar-refractivity contribution in [2.45, 2.75) is 47.0 Å². The first-order valence-electron chi connectivity index (χ1n) is 20.5. The smallest absolute Gasteiger partial charge is 0.0318 e. The molecule has 10 aromatic rings. The Hall–Kier alpha value is -6.24. The topological polar surface area (TPSA) is 0 Å². The number of rotatable bonds is 2. The van der Waals surface area contributed by atoms with Crippen LogP contribution < -0.4 is 0 Å². The van der Waals surface area contributed by atoms with E-state index in [1.54, 1.807) is 0 Å². The van der Waals surface area contributed by atoms with E-state index in [1.165, 1.54) is 109 Å². The van der Waals surface area contributed by atoms with Gasteiger partial charge in [-0.05, 0) is 126 Å². The van der Waals surface area contributed by atoms with Crippen LogP contribution in [0.25, 0.3) is 98.0 Å². The first-order valence-corrected chi connectivity index (χ1v) is 20.5. The summed E-state index contributed by atoms with van der Waals surface area (Å²) in [7, 11) is 0. The van der Waals surface area contributed by atoms with Crippen molar-refractivity contribution >= 4 is 64.6 Å². The molecule has 0 fully saturated rings. The van der Waals surface area contributed by atoms with Crippen LogP contribution in [0, 0.1) is 10.8 Å². The molecule has 0 bridgehead atoms. The standard InChI is InChI=1S/C57H46/c1-55(2,3)57(56(4,5)6)49-34-48(39-25-10-12-26-41(39)52(49)53-42-27-13-9-23-37(42)38-24-11-18-32-47(38)54(53)57)51-45-30-16-14-28-43(45)50(44-29-15-17-31-46(44)51)40-33-19-21-35-20-7-8-22-36(35)40/h7-34H,1-6H3. The van der Waals surface area contributed by atoms with Crippen LogP contribution in [0.5, 0.6) is 0 Å². The van der Waals surface area contributed by atoms with E-state index in [0.29, 0.717) is 0 Å². The van der Waals surface area contributed by atoms with Gasteiger partial charge in [-0.1, -0.05) is 205 Å². The lowest BCUT2D eigenvalue weighted by atomic mass is 9.49. The summed E-state index contributed by atoms with van der Waals surface area (Å²) >= 11 is 0. The molecule has 0 aliphatic heterocycles. The third-order valence-electron chi connectivity index (χ3n) is 13.5. The van der Waals surface area contributed by atoms with Crippen LogP contribution in [0.2, 0.25) is 0 Å². The molecule has 0 spiro atoms. The van der Waals surface area contributed by atoms with Crippen molar-refractivity contribution in [3.8, 4) is 33.4 Å². The Morgan fingerprint density at radius 2 is 0.667 bits per heavy atom. The first kappa shape index (κ1) is 34.0. The highest BCUT2D eigenvalue weighted by molar-refractivity contribution is 6.28. The van der Waals surface area contributed by atoms with E-state index in [4.69, 9.17) is 0 Å². The molecule has 0 atom stereocenters. The van der Waals surface area contributed by atoms with Crippen LogP contribution in [0.1, 0.15) is 52.7 Å². The van der Waals surface area contributed by atoms with Gasteiger partial charge in [-0.2, -0.15) is 0 Å². The van der Waals surface area contributed by atoms with E-state index >= 15 is 0 Å². The average Bonchev–Trinajstić information content (AvgIpc) is 3.56. The highest BCUT2D eigenvalue weighted by Gasteiger charge is 2.59. The molecule has 0 saturated carbocycles. The zero-order valence-corrected chi connectivity index (χ0v) is 33.7. The number of benzene rings is 10. The number of hydrogen-bond donors (Lipinski definition) is 0. The Kier molecular flexibility index (Phi) is 7.10. The molecule has 0 heterocycles. The molecule has 0 aromatic heterocycles. The molecule has 274 valence electrons. The summed E-state index contributed by atoms with van der Waals surface area (Å²) in [5, 5.41) is 15.7. The van der Waals surface area contributed by atoms with Gasteiger partial charge in [0.2, 0.25) is 0 Å². The number of hydrogen-bond acceptors (Lipinski definition) is 0. The minimum absolute atomic E-state index is 0.140. The van der Waals surface area contributed by atoms with E-state index in [2.05, 4.69) is 211 Å². The molecule has 0 N–H and O–H groups in total. The Morgan fingerprint density at radius 3 is 1.19 bits per heavy atom. The predicted molar refractivity (Wildman–Crippen MR) is 247 cm³/mol. The maximum atomic E-state index is 2.66. The van der Waals surface area contributed by atoms with Gasteiger partial charge in [-0.3, -0.25) is 0 Å². The molecule has 0 saturated heterocycles. The van der Waals surface area contributed by atoms with Gasteiger partial charge in [-0.15, -0.1) is 0 Å². The van der Waals surface area contributed by atoms with E-state index in [1.807, 2.05) is 0 Å². The van der Waals surface area contributed by atoms with Gasteiger partial charge < -0.3 is 0 Å². The summed E-state index contributed by atoms with van der Waals surface area (Å²) in [6, 6.07) is 64.2. The Morgan fingerprint density at radius 1 is 0.298 bits per heavy atom. The largest absolute Gasteiger partial charge is 0.0616 e. The SMILES string of the molecule is CC(C)(C)C1(C(C)(C)C)c2cc(-c3c4ccccc4c(-c4cccc5ccccc45)c4ccccc34)c3ccccc3c2-c2c1c1ccccc1c1ccccc21. The molecule has 10 aromatic carbocycles. The maximum absolute atomic E-state index is 2.66. The molecule has 0 nitrogen and oxygen atoms in total. The zero-order valence-electron chi connectivity index (χ0n) is 33.7. The third kappa shape index (κ3) is 4.45. The third-order valence-corrected chi connectivity index (χ3v) is 13.5. The van der Waals surface area contributed by atoms with Gasteiger partial charge in [0.15, 0.2) is 0 Å².